The zero-order chi connectivity index (χ0) is 47.7. The number of nitrogens with zero attached hydrogens (tertiary/aromatic N) is 1. The molecular formula is C70H47NO. The summed E-state index contributed by atoms with van der Waals surface area (Å²) in [6.07, 6.45) is 0. The van der Waals surface area contributed by atoms with Crippen LogP contribution in [-0.2, 0) is 10.8 Å². The molecule has 72 heavy (non-hydrogen) atoms. The first-order valence-electron chi connectivity index (χ1n) is 25.2. The van der Waals surface area contributed by atoms with Gasteiger partial charge in [-0.05, 0) is 114 Å². The van der Waals surface area contributed by atoms with Gasteiger partial charge in [-0.3, -0.25) is 0 Å². The van der Waals surface area contributed by atoms with Crippen molar-refractivity contribution in [3.63, 3.8) is 0 Å². The molecule has 0 aliphatic heterocycles. The van der Waals surface area contributed by atoms with Crippen LogP contribution in [-0.4, -0.2) is 0 Å². The second kappa shape index (κ2) is 15.3. The fourth-order valence-corrected chi connectivity index (χ4v) is 13.2. The number of para-hydroxylation sites is 3. The summed E-state index contributed by atoms with van der Waals surface area (Å²) in [4.78, 5) is 2.49. The molecule has 1 aromatic heterocycles. The second-order valence-electron chi connectivity index (χ2n) is 20.2. The molecule has 15 rings (SSSR count). The number of hydrogen-bond donors (Lipinski definition) is 0. The Kier molecular flexibility index (Phi) is 8.66. The molecule has 0 radical (unpaired) electrons. The van der Waals surface area contributed by atoms with Gasteiger partial charge >= 0.3 is 0 Å². The van der Waals surface area contributed by atoms with Crippen molar-refractivity contribution >= 4 is 39.0 Å². The van der Waals surface area contributed by atoms with E-state index in [1.807, 2.05) is 0 Å². The highest BCUT2D eigenvalue weighted by Gasteiger charge is 2.52. The maximum Gasteiger partial charge on any atom is 0.143 e. The summed E-state index contributed by atoms with van der Waals surface area (Å²) in [5.74, 6) is 0. The summed E-state index contributed by atoms with van der Waals surface area (Å²) in [7, 11) is 0. The van der Waals surface area contributed by atoms with E-state index < -0.39 is 5.41 Å². The van der Waals surface area contributed by atoms with Crippen molar-refractivity contribution in [1.29, 1.82) is 0 Å². The van der Waals surface area contributed by atoms with Crippen molar-refractivity contribution in [2.45, 2.75) is 24.7 Å². The molecule has 0 fully saturated rings. The number of anilines is 3. The van der Waals surface area contributed by atoms with Gasteiger partial charge in [-0.2, -0.15) is 0 Å². The van der Waals surface area contributed by atoms with Crippen molar-refractivity contribution < 1.29 is 4.42 Å². The van der Waals surface area contributed by atoms with Gasteiger partial charge in [0.05, 0.1) is 11.1 Å². The minimum atomic E-state index is -0.439. The topological polar surface area (TPSA) is 16.4 Å². The first-order valence-corrected chi connectivity index (χ1v) is 25.2. The lowest BCUT2D eigenvalue weighted by molar-refractivity contribution is 0.660. The molecule has 3 aliphatic rings. The molecule has 0 saturated carbocycles. The van der Waals surface area contributed by atoms with E-state index in [-0.39, 0.29) is 5.41 Å². The fraction of sp³-hybridized carbons (Fsp3) is 0.0571. The zero-order valence-electron chi connectivity index (χ0n) is 40.0. The number of hydrogen-bond acceptors (Lipinski definition) is 2. The molecule has 1 heterocycles. The first-order chi connectivity index (χ1) is 35.5. The predicted molar refractivity (Wildman–Crippen MR) is 299 cm³/mol. The van der Waals surface area contributed by atoms with Crippen LogP contribution < -0.4 is 4.90 Å². The lowest BCUT2D eigenvalue weighted by Gasteiger charge is -2.31. The molecule has 0 N–H and O–H groups in total. The molecule has 0 atom stereocenters. The lowest BCUT2D eigenvalue weighted by Crippen LogP contribution is -2.25. The molecule has 0 unspecified atom stereocenters. The third-order valence-electron chi connectivity index (χ3n) is 16.3. The summed E-state index contributed by atoms with van der Waals surface area (Å²) in [5.41, 5.74) is 27.2. The monoisotopic (exact) mass is 917 g/mol. The van der Waals surface area contributed by atoms with E-state index in [2.05, 4.69) is 267 Å². The van der Waals surface area contributed by atoms with E-state index in [9.17, 15) is 0 Å². The molecule has 3 aliphatic carbocycles. The van der Waals surface area contributed by atoms with Crippen LogP contribution in [0.15, 0.2) is 253 Å². The van der Waals surface area contributed by atoms with Gasteiger partial charge in [0.1, 0.15) is 11.2 Å². The molecule has 2 nitrogen and oxygen atoms in total. The summed E-state index contributed by atoms with van der Waals surface area (Å²) in [6.45, 7) is 4.74. The first kappa shape index (κ1) is 40.9. The number of benzene rings is 11. The average Bonchev–Trinajstić information content (AvgIpc) is 4.14. The van der Waals surface area contributed by atoms with Crippen molar-refractivity contribution in [1.82, 2.24) is 0 Å². The third-order valence-corrected chi connectivity index (χ3v) is 16.3. The Morgan fingerprint density at radius 2 is 0.750 bits per heavy atom. The maximum absolute atomic E-state index is 6.92. The molecule has 12 aromatic rings. The van der Waals surface area contributed by atoms with Gasteiger partial charge in [0.2, 0.25) is 0 Å². The molecular weight excluding hydrogens is 871 g/mol. The van der Waals surface area contributed by atoms with E-state index in [4.69, 9.17) is 4.42 Å². The Hall–Kier alpha value is -8.98. The Morgan fingerprint density at radius 1 is 0.306 bits per heavy atom. The Labute approximate surface area is 419 Å². The van der Waals surface area contributed by atoms with Gasteiger partial charge in [-0.15, -0.1) is 0 Å². The van der Waals surface area contributed by atoms with Crippen LogP contribution >= 0.6 is 0 Å². The molecule has 0 saturated heterocycles. The fourth-order valence-electron chi connectivity index (χ4n) is 13.2. The Balaban J connectivity index is 0.928. The number of rotatable bonds is 6. The van der Waals surface area contributed by atoms with Crippen LogP contribution in [0.2, 0.25) is 0 Å². The summed E-state index contributed by atoms with van der Waals surface area (Å²) < 4.78 is 6.92. The van der Waals surface area contributed by atoms with Gasteiger partial charge in [0, 0.05) is 44.3 Å². The lowest BCUT2D eigenvalue weighted by atomic mass is 9.70. The van der Waals surface area contributed by atoms with Gasteiger partial charge in [-0.1, -0.05) is 232 Å². The van der Waals surface area contributed by atoms with Crippen molar-refractivity contribution in [3.8, 4) is 66.8 Å². The van der Waals surface area contributed by atoms with E-state index in [0.717, 1.165) is 61.3 Å². The third kappa shape index (κ3) is 5.55. The van der Waals surface area contributed by atoms with Crippen LogP contribution in [0.5, 0.6) is 0 Å². The van der Waals surface area contributed by atoms with E-state index in [1.54, 1.807) is 0 Å². The van der Waals surface area contributed by atoms with Crippen LogP contribution in [0.3, 0.4) is 0 Å². The molecule has 2 heteroatoms. The molecule has 11 aromatic carbocycles. The zero-order valence-corrected chi connectivity index (χ0v) is 40.0. The largest absolute Gasteiger partial charge is 0.455 e. The van der Waals surface area contributed by atoms with Crippen LogP contribution in [0.25, 0.3) is 88.7 Å². The molecule has 1 spiro atoms. The van der Waals surface area contributed by atoms with Gasteiger partial charge < -0.3 is 9.32 Å². The highest BCUT2D eigenvalue weighted by atomic mass is 16.3. The Bertz CT molecular complexity index is 4150. The number of fused-ring (bicyclic) bond motifs is 16. The average molecular weight is 918 g/mol. The van der Waals surface area contributed by atoms with E-state index in [1.165, 1.54) is 77.9 Å². The smallest absolute Gasteiger partial charge is 0.143 e. The highest BCUT2D eigenvalue weighted by Crippen LogP contribution is 2.64. The quantitative estimate of drug-likeness (QED) is 0.165. The summed E-state index contributed by atoms with van der Waals surface area (Å²) >= 11 is 0. The van der Waals surface area contributed by atoms with Gasteiger partial charge in [-0.25, -0.2) is 0 Å². The van der Waals surface area contributed by atoms with Crippen LogP contribution in [0, 0.1) is 0 Å². The Morgan fingerprint density at radius 3 is 1.40 bits per heavy atom. The predicted octanol–water partition coefficient (Wildman–Crippen LogP) is 18.7. The minimum absolute atomic E-state index is 0.172. The summed E-state index contributed by atoms with van der Waals surface area (Å²) in [6, 6.07) is 92.1. The summed E-state index contributed by atoms with van der Waals surface area (Å²) in [5, 5.41) is 2.24. The van der Waals surface area contributed by atoms with Crippen LogP contribution in [0.4, 0.5) is 17.1 Å². The van der Waals surface area contributed by atoms with Gasteiger partial charge in [0.25, 0.3) is 0 Å². The van der Waals surface area contributed by atoms with Crippen molar-refractivity contribution in [2.24, 2.45) is 0 Å². The SMILES string of the molecule is CC1(C)c2ccccc2-c2ccc(N(c3ccc(-c4cccc5c4oc4c(-c6ccccc6)cccc45)cc3)c3ccccc3-c3cccc4c3-c3ccccc3C43c4ccccc4-c4ccccc43)cc21. The van der Waals surface area contributed by atoms with Crippen LogP contribution in [0.1, 0.15) is 47.2 Å². The van der Waals surface area contributed by atoms with E-state index >= 15 is 0 Å². The molecule has 0 bridgehead atoms. The highest BCUT2D eigenvalue weighted by molar-refractivity contribution is 6.13. The second-order valence-corrected chi connectivity index (χ2v) is 20.2. The van der Waals surface area contributed by atoms with E-state index in [0.29, 0.717) is 0 Å². The van der Waals surface area contributed by atoms with Crippen molar-refractivity contribution in [3.05, 3.63) is 282 Å². The number of furan rings is 1. The molecule has 338 valence electrons. The standard InChI is InChI=1S/C70H47NO/c1-69(2)59-31-11-6-21-50(59)53-42-41-47(43-64(53)69)71(46-39-37-45(38-40-46)49-27-17-30-57-56-29-16-26-48(67(56)72-68(49)57)44-19-4-3-5-20-44)65-36-15-10-24-54(65)55-28-18-35-63-66(55)58-25-9-14-34-62(58)70(63)60-32-12-7-22-51(60)52-23-8-13-33-61(52)70/h3-43H,1-2H3. The maximum atomic E-state index is 6.92. The normalized spacial score (nSPS) is 13.9. The van der Waals surface area contributed by atoms with Gasteiger partial charge in [0.15, 0.2) is 0 Å². The van der Waals surface area contributed by atoms with Crippen molar-refractivity contribution in [2.75, 3.05) is 4.90 Å². The minimum Gasteiger partial charge on any atom is -0.455 e. The molecule has 0 amide bonds.